The molecule has 9 heteroatoms. The summed E-state index contributed by atoms with van der Waals surface area (Å²) in [6, 6.07) is 6.71. The van der Waals surface area contributed by atoms with E-state index in [9.17, 15) is 12.6 Å². The Balaban J connectivity index is 2.79. The number of hydrogen-bond donors (Lipinski definition) is 1. The molecule has 1 N–H and O–H groups in total. The zero-order valence-electron chi connectivity index (χ0n) is 15.4. The number of hydrogen-bond acceptors (Lipinski definition) is 5. The lowest BCUT2D eigenvalue weighted by Gasteiger charge is -2.22. The van der Waals surface area contributed by atoms with Crippen molar-refractivity contribution in [1.82, 2.24) is 4.31 Å². The van der Waals surface area contributed by atoms with Gasteiger partial charge in [0.1, 0.15) is 0 Å². The Morgan fingerprint density at radius 1 is 1.00 bits per heavy atom. The smallest absolute Gasteiger partial charge is 0.243 e. The van der Waals surface area contributed by atoms with Gasteiger partial charge >= 0.3 is 0 Å². The van der Waals surface area contributed by atoms with E-state index in [1.165, 1.54) is 4.31 Å². The summed E-state index contributed by atoms with van der Waals surface area (Å²) < 4.78 is 56.8. The van der Waals surface area contributed by atoms with Crippen molar-refractivity contribution < 1.29 is 26.7 Å². The predicted octanol–water partition coefficient (Wildman–Crippen LogP) is 1.90. The molecule has 0 fully saturated rings. The average Bonchev–Trinajstić information content (AvgIpc) is 2.60. The number of aryl methyl sites for hydroxylation is 1. The molecule has 0 saturated carbocycles. The maximum atomic E-state index is 12.9. The van der Waals surface area contributed by atoms with E-state index >= 15 is 0 Å². The monoisotopic (exact) mass is 407 g/mol. The lowest BCUT2D eigenvalue weighted by molar-refractivity contribution is 0.175. The highest BCUT2D eigenvalue weighted by Gasteiger charge is 2.23. The van der Waals surface area contributed by atoms with Crippen LogP contribution in [0.3, 0.4) is 0 Å². The van der Waals surface area contributed by atoms with Crippen molar-refractivity contribution in [2.24, 2.45) is 0 Å². The standard InChI is InChI=1S/C17H29NO6S2/c1-23-13-4-11-18(12-5-14-24-2)26(21,22)17-9-7-16(8-10-17)6-3-15-25(19)20/h7-10H,3-6,11-15H2,1-2H3,(H,19,20). The van der Waals surface area contributed by atoms with Gasteiger partial charge in [-0.05, 0) is 43.4 Å². The molecule has 0 aliphatic carbocycles. The number of methoxy groups -OCH3 is 2. The fourth-order valence-corrected chi connectivity index (χ4v) is 4.41. The molecule has 1 unspecified atom stereocenters. The summed E-state index contributed by atoms with van der Waals surface area (Å²) in [4.78, 5) is 0.252. The molecular formula is C17H29NO6S2. The molecule has 1 atom stereocenters. The van der Waals surface area contributed by atoms with E-state index in [-0.39, 0.29) is 10.6 Å². The summed E-state index contributed by atoms with van der Waals surface area (Å²) in [6.07, 6.45) is 2.46. The maximum absolute atomic E-state index is 12.9. The van der Waals surface area contributed by atoms with Gasteiger partial charge in [-0.1, -0.05) is 12.1 Å². The van der Waals surface area contributed by atoms with E-state index in [2.05, 4.69) is 0 Å². The van der Waals surface area contributed by atoms with E-state index in [4.69, 9.17) is 14.0 Å². The molecule has 0 aliphatic rings. The van der Waals surface area contributed by atoms with Crippen molar-refractivity contribution in [2.75, 3.05) is 46.3 Å². The fraction of sp³-hybridized carbons (Fsp3) is 0.647. The van der Waals surface area contributed by atoms with Gasteiger partial charge in [-0.3, -0.25) is 0 Å². The number of benzene rings is 1. The van der Waals surface area contributed by atoms with Crippen molar-refractivity contribution in [1.29, 1.82) is 0 Å². The summed E-state index contributed by atoms with van der Waals surface area (Å²) in [5.74, 6) is 0.215. The highest BCUT2D eigenvalue weighted by atomic mass is 32.2. The minimum atomic E-state index is -3.58. The van der Waals surface area contributed by atoms with Crippen molar-refractivity contribution >= 4 is 21.1 Å². The van der Waals surface area contributed by atoms with E-state index in [0.29, 0.717) is 52.0 Å². The molecule has 0 bridgehead atoms. The van der Waals surface area contributed by atoms with Crippen LogP contribution in [0.1, 0.15) is 24.8 Å². The maximum Gasteiger partial charge on any atom is 0.243 e. The normalized spacial score (nSPS) is 13.2. The lowest BCUT2D eigenvalue weighted by atomic mass is 10.1. The van der Waals surface area contributed by atoms with Gasteiger partial charge < -0.3 is 14.0 Å². The molecule has 150 valence electrons. The van der Waals surface area contributed by atoms with Crippen LogP contribution in [0.2, 0.25) is 0 Å². The van der Waals surface area contributed by atoms with Gasteiger partial charge in [0.05, 0.1) is 4.90 Å². The Bertz CT molecular complexity index is 623. The van der Waals surface area contributed by atoms with Crippen LogP contribution in [0, 0.1) is 0 Å². The van der Waals surface area contributed by atoms with Crippen molar-refractivity contribution in [3.63, 3.8) is 0 Å². The number of nitrogens with zero attached hydrogens (tertiary/aromatic N) is 1. The molecule has 0 heterocycles. The molecule has 0 aliphatic heterocycles. The molecular weight excluding hydrogens is 378 g/mol. The van der Waals surface area contributed by atoms with Crippen LogP contribution < -0.4 is 0 Å². The highest BCUT2D eigenvalue weighted by Crippen LogP contribution is 2.18. The Morgan fingerprint density at radius 2 is 1.54 bits per heavy atom. The van der Waals surface area contributed by atoms with Crippen LogP contribution in [0.15, 0.2) is 29.2 Å². The van der Waals surface area contributed by atoms with Crippen LogP contribution in [-0.4, -0.2) is 67.8 Å². The Hall–Kier alpha value is -0.840. The summed E-state index contributed by atoms with van der Waals surface area (Å²) in [5, 5.41) is 0. The molecule has 7 nitrogen and oxygen atoms in total. The summed E-state index contributed by atoms with van der Waals surface area (Å²) in [7, 11) is -0.395. The Morgan fingerprint density at radius 3 is 2.00 bits per heavy atom. The topological polar surface area (TPSA) is 93.1 Å². The summed E-state index contributed by atoms with van der Waals surface area (Å²) in [5.41, 5.74) is 0.944. The highest BCUT2D eigenvalue weighted by molar-refractivity contribution is 7.89. The van der Waals surface area contributed by atoms with Gasteiger partial charge in [0.25, 0.3) is 0 Å². The van der Waals surface area contributed by atoms with Gasteiger partial charge in [-0.25, -0.2) is 12.6 Å². The fourth-order valence-electron chi connectivity index (χ4n) is 2.50. The van der Waals surface area contributed by atoms with E-state index < -0.39 is 21.1 Å². The lowest BCUT2D eigenvalue weighted by Crippen LogP contribution is -2.34. The number of ether oxygens (including phenoxy) is 2. The predicted molar refractivity (Wildman–Crippen MR) is 102 cm³/mol. The van der Waals surface area contributed by atoms with Crippen molar-refractivity contribution in [3.8, 4) is 0 Å². The van der Waals surface area contributed by atoms with E-state index in [1.54, 1.807) is 38.5 Å². The van der Waals surface area contributed by atoms with Crippen molar-refractivity contribution in [2.45, 2.75) is 30.6 Å². The van der Waals surface area contributed by atoms with E-state index in [0.717, 1.165) is 5.56 Å². The van der Waals surface area contributed by atoms with Gasteiger partial charge in [0.2, 0.25) is 10.0 Å². The second kappa shape index (κ2) is 12.5. The first-order valence-electron chi connectivity index (χ1n) is 8.56. The second-order valence-electron chi connectivity index (χ2n) is 5.87. The molecule has 1 aromatic rings. The third-order valence-electron chi connectivity index (χ3n) is 3.86. The van der Waals surface area contributed by atoms with Gasteiger partial charge in [-0.15, -0.1) is 0 Å². The van der Waals surface area contributed by atoms with Gasteiger partial charge in [0, 0.05) is 46.3 Å². The van der Waals surface area contributed by atoms with Crippen LogP contribution in [0.5, 0.6) is 0 Å². The number of sulfonamides is 1. The number of rotatable bonds is 14. The van der Waals surface area contributed by atoms with Crippen LogP contribution in [0.25, 0.3) is 0 Å². The Kier molecular flexibility index (Phi) is 11.2. The third-order valence-corrected chi connectivity index (χ3v) is 6.41. The quantitative estimate of drug-likeness (QED) is 0.374. The van der Waals surface area contributed by atoms with Crippen LogP contribution in [-0.2, 0) is 37.0 Å². The van der Waals surface area contributed by atoms with E-state index in [1.807, 2.05) is 0 Å². The third kappa shape index (κ3) is 8.24. The van der Waals surface area contributed by atoms with Crippen molar-refractivity contribution in [3.05, 3.63) is 29.8 Å². The zero-order chi connectivity index (χ0) is 19.4. The average molecular weight is 408 g/mol. The minimum absolute atomic E-state index is 0.215. The molecule has 1 aromatic carbocycles. The van der Waals surface area contributed by atoms with Crippen LogP contribution >= 0.6 is 0 Å². The first-order valence-corrected chi connectivity index (χ1v) is 11.3. The molecule has 0 aromatic heterocycles. The first-order chi connectivity index (χ1) is 12.4. The molecule has 0 radical (unpaired) electrons. The van der Waals surface area contributed by atoms with Gasteiger partial charge in [-0.2, -0.15) is 4.31 Å². The first kappa shape index (κ1) is 23.2. The minimum Gasteiger partial charge on any atom is -0.385 e. The van der Waals surface area contributed by atoms with Crippen LogP contribution in [0.4, 0.5) is 0 Å². The largest absolute Gasteiger partial charge is 0.385 e. The summed E-state index contributed by atoms with van der Waals surface area (Å²) >= 11 is -1.80. The Labute approximate surface area is 159 Å². The van der Waals surface area contributed by atoms with Gasteiger partial charge in [0.15, 0.2) is 11.1 Å². The molecule has 0 spiro atoms. The SMILES string of the molecule is COCCCN(CCCOC)S(=O)(=O)c1ccc(CCCS(=O)O)cc1. The molecule has 0 amide bonds. The molecule has 0 saturated heterocycles. The summed E-state index contributed by atoms with van der Waals surface area (Å²) in [6.45, 7) is 1.79. The molecule has 1 rings (SSSR count). The zero-order valence-corrected chi connectivity index (χ0v) is 17.1. The second-order valence-corrected chi connectivity index (χ2v) is 8.86. The molecule has 26 heavy (non-hydrogen) atoms.